The van der Waals surface area contributed by atoms with E-state index >= 15 is 0 Å². The number of carboxylic acids is 1. The van der Waals surface area contributed by atoms with Gasteiger partial charge in [-0.1, -0.05) is 12.1 Å². The van der Waals surface area contributed by atoms with Crippen LogP contribution in [0.5, 0.6) is 0 Å². The number of carboxylic acid groups (broad SMARTS) is 1. The first-order chi connectivity index (χ1) is 7.59. The lowest BCUT2D eigenvalue weighted by molar-refractivity contribution is -0.132. The molecule has 0 fully saturated rings. The summed E-state index contributed by atoms with van der Waals surface area (Å²) in [5.74, 6) is -0.854. The fraction of sp³-hybridized carbons (Fsp3) is 0.417. The van der Waals surface area contributed by atoms with Crippen molar-refractivity contribution in [2.45, 2.75) is 26.3 Å². The topological polar surface area (TPSA) is 49.3 Å². The third kappa shape index (κ3) is 4.59. The van der Waals surface area contributed by atoms with Crippen molar-refractivity contribution < 1.29 is 9.90 Å². The van der Waals surface area contributed by atoms with Crippen LogP contribution in [0, 0.1) is 0 Å². The van der Waals surface area contributed by atoms with Gasteiger partial charge in [0.2, 0.25) is 0 Å². The Balaban J connectivity index is 2.28. The first-order valence-electron chi connectivity index (χ1n) is 5.25. The molecule has 88 valence electrons. The van der Waals surface area contributed by atoms with Crippen LogP contribution in [0.4, 0.5) is 0 Å². The van der Waals surface area contributed by atoms with Crippen molar-refractivity contribution in [1.82, 2.24) is 5.32 Å². The second kappa shape index (κ2) is 6.45. The van der Waals surface area contributed by atoms with Crippen LogP contribution in [0.25, 0.3) is 0 Å². The summed E-state index contributed by atoms with van der Waals surface area (Å²) in [6.45, 7) is 4.31. The van der Waals surface area contributed by atoms with E-state index in [1.54, 1.807) is 24.3 Å². The molecule has 1 unspecified atom stereocenters. The molecule has 0 aliphatic carbocycles. The minimum absolute atomic E-state index is 0.358. The Morgan fingerprint density at radius 1 is 1.69 bits per heavy atom. The Morgan fingerprint density at radius 2 is 2.44 bits per heavy atom. The van der Waals surface area contributed by atoms with E-state index in [9.17, 15) is 4.79 Å². The van der Waals surface area contributed by atoms with E-state index in [-0.39, 0.29) is 0 Å². The number of hydrogen-bond donors (Lipinski definition) is 2. The van der Waals surface area contributed by atoms with E-state index in [1.807, 2.05) is 6.07 Å². The molecule has 0 radical (unpaired) electrons. The average Bonchev–Trinajstić information content (AvgIpc) is 2.70. The van der Waals surface area contributed by atoms with Gasteiger partial charge in [0.05, 0.1) is 0 Å². The summed E-state index contributed by atoms with van der Waals surface area (Å²) in [6.07, 6.45) is 2.69. The highest BCUT2D eigenvalue weighted by Gasteiger charge is 2.03. The highest BCUT2D eigenvalue weighted by molar-refractivity contribution is 7.09. The Bertz CT molecular complexity index is 357. The number of aliphatic carboxylic acids is 1. The molecule has 0 saturated carbocycles. The zero-order chi connectivity index (χ0) is 12.0. The van der Waals surface area contributed by atoms with Crippen LogP contribution in [0.2, 0.25) is 0 Å². The van der Waals surface area contributed by atoms with Crippen LogP contribution in [0.3, 0.4) is 0 Å². The van der Waals surface area contributed by atoms with E-state index < -0.39 is 5.97 Å². The molecule has 1 heterocycles. The zero-order valence-corrected chi connectivity index (χ0v) is 10.4. The van der Waals surface area contributed by atoms with Gasteiger partial charge in [-0.25, -0.2) is 4.79 Å². The van der Waals surface area contributed by atoms with Gasteiger partial charge in [0.15, 0.2) is 0 Å². The van der Waals surface area contributed by atoms with E-state index in [0.717, 1.165) is 6.42 Å². The van der Waals surface area contributed by atoms with Crippen LogP contribution in [-0.4, -0.2) is 23.7 Å². The Labute approximate surface area is 99.8 Å². The van der Waals surface area contributed by atoms with E-state index in [1.165, 1.54) is 4.88 Å². The van der Waals surface area contributed by atoms with Gasteiger partial charge >= 0.3 is 5.97 Å². The molecule has 1 aromatic heterocycles. The number of nitrogens with one attached hydrogen (secondary N) is 1. The summed E-state index contributed by atoms with van der Waals surface area (Å²) >= 11 is 1.75. The zero-order valence-electron chi connectivity index (χ0n) is 9.56. The second-order valence-corrected chi connectivity index (χ2v) is 4.82. The third-order valence-electron chi connectivity index (χ3n) is 2.30. The molecule has 0 amide bonds. The van der Waals surface area contributed by atoms with Crippen LogP contribution >= 0.6 is 11.3 Å². The third-order valence-corrected chi connectivity index (χ3v) is 3.20. The monoisotopic (exact) mass is 239 g/mol. The number of thiophene rings is 1. The predicted molar refractivity (Wildman–Crippen MR) is 66.9 cm³/mol. The number of hydrogen-bond acceptors (Lipinski definition) is 3. The van der Waals surface area contributed by atoms with Crippen molar-refractivity contribution in [3.63, 3.8) is 0 Å². The van der Waals surface area contributed by atoms with Gasteiger partial charge in [0.25, 0.3) is 0 Å². The van der Waals surface area contributed by atoms with E-state index in [2.05, 4.69) is 23.7 Å². The second-order valence-electron chi connectivity index (χ2n) is 3.79. The van der Waals surface area contributed by atoms with Gasteiger partial charge < -0.3 is 10.4 Å². The summed E-state index contributed by atoms with van der Waals surface area (Å²) in [5.41, 5.74) is 0.385. The van der Waals surface area contributed by atoms with Crippen LogP contribution in [-0.2, 0) is 11.2 Å². The molecule has 1 atom stereocenters. The van der Waals surface area contributed by atoms with Crippen molar-refractivity contribution in [2.24, 2.45) is 0 Å². The van der Waals surface area contributed by atoms with Gasteiger partial charge in [-0.2, -0.15) is 0 Å². The lowest BCUT2D eigenvalue weighted by Crippen LogP contribution is -2.28. The smallest absolute Gasteiger partial charge is 0.330 e. The molecule has 4 heteroatoms. The molecule has 1 aromatic rings. The van der Waals surface area contributed by atoms with Gasteiger partial charge in [-0.15, -0.1) is 11.3 Å². The molecule has 3 nitrogen and oxygen atoms in total. The number of carbonyl (C=O) groups is 1. The SMILES string of the molecule is C/C(=C/CNC(C)Cc1cccs1)C(=O)O. The average molecular weight is 239 g/mol. The Kier molecular flexibility index (Phi) is 5.22. The van der Waals surface area contributed by atoms with Crippen LogP contribution in [0.1, 0.15) is 18.7 Å². The molecule has 16 heavy (non-hydrogen) atoms. The van der Waals surface area contributed by atoms with Crippen molar-refractivity contribution in [3.8, 4) is 0 Å². The molecular weight excluding hydrogens is 222 g/mol. The largest absolute Gasteiger partial charge is 0.478 e. The lowest BCUT2D eigenvalue weighted by atomic mass is 10.2. The first kappa shape index (κ1) is 12.9. The summed E-state index contributed by atoms with van der Waals surface area (Å²) < 4.78 is 0. The van der Waals surface area contributed by atoms with Crippen molar-refractivity contribution in [3.05, 3.63) is 34.0 Å². The predicted octanol–water partition coefficient (Wildman–Crippen LogP) is 2.30. The van der Waals surface area contributed by atoms with Gasteiger partial charge in [-0.05, 0) is 31.7 Å². The summed E-state index contributed by atoms with van der Waals surface area (Å²) in [4.78, 5) is 11.9. The minimum atomic E-state index is -0.854. The highest BCUT2D eigenvalue weighted by Crippen LogP contribution is 2.10. The summed E-state index contributed by atoms with van der Waals surface area (Å²) in [5, 5.41) is 14.0. The fourth-order valence-electron chi connectivity index (χ4n) is 1.30. The van der Waals surface area contributed by atoms with Gasteiger partial charge in [-0.3, -0.25) is 0 Å². The molecule has 0 bridgehead atoms. The number of rotatable bonds is 6. The fourth-order valence-corrected chi connectivity index (χ4v) is 2.14. The molecule has 0 spiro atoms. The quantitative estimate of drug-likeness (QED) is 0.749. The van der Waals surface area contributed by atoms with E-state index in [4.69, 9.17) is 5.11 Å². The normalized spacial score (nSPS) is 13.8. The van der Waals surface area contributed by atoms with Crippen molar-refractivity contribution >= 4 is 17.3 Å². The highest BCUT2D eigenvalue weighted by atomic mass is 32.1. The molecular formula is C12H17NO2S. The summed E-state index contributed by atoms with van der Waals surface area (Å²) in [7, 11) is 0. The Hall–Kier alpha value is -1.13. The standard InChI is InChI=1S/C12H17NO2S/c1-9(12(14)15)5-6-13-10(2)8-11-4-3-7-16-11/h3-5,7,10,13H,6,8H2,1-2H3,(H,14,15)/b9-5-. The lowest BCUT2D eigenvalue weighted by Gasteiger charge is -2.10. The van der Waals surface area contributed by atoms with Crippen LogP contribution in [0.15, 0.2) is 29.2 Å². The molecule has 0 aromatic carbocycles. The minimum Gasteiger partial charge on any atom is -0.478 e. The maximum atomic E-state index is 10.5. The van der Waals surface area contributed by atoms with E-state index in [0.29, 0.717) is 18.2 Å². The van der Waals surface area contributed by atoms with Crippen molar-refractivity contribution in [2.75, 3.05) is 6.54 Å². The van der Waals surface area contributed by atoms with Crippen molar-refractivity contribution in [1.29, 1.82) is 0 Å². The molecule has 0 saturated heterocycles. The maximum Gasteiger partial charge on any atom is 0.330 e. The molecule has 2 N–H and O–H groups in total. The molecule has 1 rings (SSSR count). The molecule has 0 aliphatic heterocycles. The maximum absolute atomic E-state index is 10.5. The van der Waals surface area contributed by atoms with Crippen LogP contribution < -0.4 is 5.32 Å². The summed E-state index contributed by atoms with van der Waals surface area (Å²) in [6, 6.07) is 4.51. The first-order valence-corrected chi connectivity index (χ1v) is 6.13. The van der Waals surface area contributed by atoms with Gasteiger partial charge in [0, 0.05) is 23.0 Å². The van der Waals surface area contributed by atoms with Gasteiger partial charge in [0.1, 0.15) is 0 Å². The molecule has 0 aliphatic rings. The Morgan fingerprint density at radius 3 is 3.00 bits per heavy atom.